The van der Waals surface area contributed by atoms with Crippen LogP contribution < -0.4 is 5.32 Å². The predicted molar refractivity (Wildman–Crippen MR) is 276 cm³/mol. The molecule has 0 aromatic heterocycles. The summed E-state index contributed by atoms with van der Waals surface area (Å²) in [7, 11) is 0. The molecular formula is C57H89NO8. The molecule has 1 aliphatic heterocycles. The molecule has 7 unspecified atom stereocenters. The quantitative estimate of drug-likeness (QED) is 0.0264. The van der Waals surface area contributed by atoms with Crippen LogP contribution >= 0.6 is 0 Å². The van der Waals surface area contributed by atoms with E-state index in [-0.39, 0.29) is 18.9 Å². The van der Waals surface area contributed by atoms with Gasteiger partial charge in [0, 0.05) is 6.42 Å². The summed E-state index contributed by atoms with van der Waals surface area (Å²) in [5, 5.41) is 54.0. The summed E-state index contributed by atoms with van der Waals surface area (Å²) in [6, 6.07) is -0.854. The SMILES string of the molecule is CC/C=C\C/C=C\C/C=C\C/C=C\C/C=C\C/C=C\C/C=C\C/C=C\C/C=C\C/C=C\CCCCC(=O)NC(COC1OC(CO)C(O)C(O)C1O)C(O)/C=C/CC/C=C/CCCCCC. The van der Waals surface area contributed by atoms with Crippen molar-refractivity contribution in [2.24, 2.45) is 0 Å². The third-order valence-electron chi connectivity index (χ3n) is 10.6. The fourth-order valence-corrected chi connectivity index (χ4v) is 6.67. The second kappa shape index (κ2) is 44.9. The van der Waals surface area contributed by atoms with Crippen LogP contribution in [-0.4, -0.2) is 87.5 Å². The van der Waals surface area contributed by atoms with Crippen molar-refractivity contribution in [1.82, 2.24) is 5.32 Å². The maximum Gasteiger partial charge on any atom is 0.220 e. The number of allylic oxidation sites excluding steroid dienone is 23. The molecule has 0 saturated carbocycles. The van der Waals surface area contributed by atoms with Gasteiger partial charge in [-0.05, 0) is 109 Å². The van der Waals surface area contributed by atoms with Gasteiger partial charge in [0.05, 0.1) is 25.4 Å². The highest BCUT2D eigenvalue weighted by molar-refractivity contribution is 5.76. The third-order valence-corrected chi connectivity index (χ3v) is 10.6. The number of hydrogen-bond acceptors (Lipinski definition) is 8. The van der Waals surface area contributed by atoms with E-state index in [1.165, 1.54) is 25.7 Å². The first-order valence-electron chi connectivity index (χ1n) is 25.1. The van der Waals surface area contributed by atoms with E-state index in [0.717, 1.165) is 96.3 Å². The first kappa shape index (κ1) is 60.1. The number of amides is 1. The monoisotopic (exact) mass is 916 g/mol. The van der Waals surface area contributed by atoms with Gasteiger partial charge in [0.15, 0.2) is 6.29 Å². The molecule has 1 amide bonds. The van der Waals surface area contributed by atoms with Gasteiger partial charge in [0.1, 0.15) is 24.4 Å². The second-order valence-electron chi connectivity index (χ2n) is 16.5. The maximum absolute atomic E-state index is 12.9. The molecule has 66 heavy (non-hydrogen) atoms. The number of ether oxygens (including phenoxy) is 2. The van der Waals surface area contributed by atoms with Crippen molar-refractivity contribution in [3.05, 3.63) is 146 Å². The molecule has 0 radical (unpaired) electrons. The largest absolute Gasteiger partial charge is 0.394 e. The van der Waals surface area contributed by atoms with Crippen molar-refractivity contribution in [3.63, 3.8) is 0 Å². The summed E-state index contributed by atoms with van der Waals surface area (Å²) in [6.07, 6.45) is 63.4. The van der Waals surface area contributed by atoms with E-state index in [1.54, 1.807) is 6.08 Å². The summed E-state index contributed by atoms with van der Waals surface area (Å²) >= 11 is 0. The molecule has 0 aliphatic carbocycles. The fraction of sp³-hybridized carbons (Fsp3) is 0.561. The zero-order valence-electron chi connectivity index (χ0n) is 40.6. The molecule has 1 fully saturated rings. The van der Waals surface area contributed by atoms with E-state index in [4.69, 9.17) is 9.47 Å². The molecule has 0 aromatic carbocycles. The predicted octanol–water partition coefficient (Wildman–Crippen LogP) is 11.6. The van der Waals surface area contributed by atoms with E-state index in [2.05, 4.69) is 153 Å². The zero-order chi connectivity index (χ0) is 48.0. The second-order valence-corrected chi connectivity index (χ2v) is 16.5. The highest BCUT2D eigenvalue weighted by Gasteiger charge is 2.44. The number of unbranched alkanes of at least 4 members (excludes halogenated alkanes) is 7. The molecule has 0 aromatic rings. The number of aliphatic hydroxyl groups excluding tert-OH is 5. The zero-order valence-corrected chi connectivity index (χ0v) is 40.6. The summed E-state index contributed by atoms with van der Waals surface area (Å²) in [6.45, 7) is 3.54. The Balaban J connectivity index is 2.28. The van der Waals surface area contributed by atoms with E-state index in [9.17, 15) is 30.3 Å². The Morgan fingerprint density at radius 3 is 1.42 bits per heavy atom. The minimum atomic E-state index is -1.59. The maximum atomic E-state index is 12.9. The lowest BCUT2D eigenvalue weighted by Gasteiger charge is -2.40. The van der Waals surface area contributed by atoms with Crippen LogP contribution in [0.1, 0.15) is 149 Å². The normalized spacial score (nSPS) is 21.1. The molecule has 1 aliphatic rings. The van der Waals surface area contributed by atoms with Gasteiger partial charge in [0.2, 0.25) is 5.91 Å². The van der Waals surface area contributed by atoms with E-state index in [1.807, 2.05) is 6.08 Å². The highest BCUT2D eigenvalue weighted by atomic mass is 16.7. The highest BCUT2D eigenvalue weighted by Crippen LogP contribution is 2.22. The first-order valence-corrected chi connectivity index (χ1v) is 25.1. The molecule has 370 valence electrons. The van der Waals surface area contributed by atoms with Crippen LogP contribution in [-0.2, 0) is 14.3 Å². The summed E-state index contributed by atoms with van der Waals surface area (Å²) in [5.74, 6) is -0.240. The van der Waals surface area contributed by atoms with Gasteiger partial charge >= 0.3 is 0 Å². The minimum absolute atomic E-state index is 0.230. The van der Waals surface area contributed by atoms with Crippen LogP contribution in [0.4, 0.5) is 0 Å². The van der Waals surface area contributed by atoms with Crippen molar-refractivity contribution >= 4 is 5.91 Å². The van der Waals surface area contributed by atoms with Crippen molar-refractivity contribution in [2.75, 3.05) is 13.2 Å². The molecule has 6 N–H and O–H groups in total. The standard InChI is InChI=1S/C57H89NO8/c1-3-5-7-9-11-13-15-16-17-18-19-20-21-22-23-24-25-26-27-28-29-30-31-32-33-34-35-36-37-39-41-43-45-47-53(61)58-50(49-65-57-56(64)55(63)54(62)52(48-59)66-57)51(60)46-44-42-40-38-14-12-10-8-6-4-2/h5,7,11,13-14,16-17,19-20,22-23,25-26,28-29,31-32,34-35,37-39,44,46,50-52,54-57,59-60,62-64H,3-4,6,8-10,12,15,18,21,24,27,30,33,36,40-43,45,47-49H2,1-2H3,(H,58,61)/b7-5-,13-11-,17-16-,20-19-,23-22-,26-25-,29-28-,32-31-,35-34-,38-14+,39-37-,46-44+. The van der Waals surface area contributed by atoms with Gasteiger partial charge in [-0.1, -0.05) is 179 Å². The van der Waals surface area contributed by atoms with Gasteiger partial charge in [-0.2, -0.15) is 0 Å². The minimum Gasteiger partial charge on any atom is -0.394 e. The van der Waals surface area contributed by atoms with E-state index < -0.39 is 49.5 Å². The Hall–Kier alpha value is -3.93. The van der Waals surface area contributed by atoms with Gasteiger partial charge in [0.25, 0.3) is 0 Å². The molecule has 1 rings (SSSR count). The van der Waals surface area contributed by atoms with Crippen LogP contribution in [0.3, 0.4) is 0 Å². The molecule has 7 atom stereocenters. The van der Waals surface area contributed by atoms with Crippen LogP contribution in [0, 0.1) is 0 Å². The van der Waals surface area contributed by atoms with Crippen molar-refractivity contribution in [1.29, 1.82) is 0 Å². The summed E-state index contributed by atoms with van der Waals surface area (Å²) in [4.78, 5) is 12.9. The van der Waals surface area contributed by atoms with E-state index in [0.29, 0.717) is 6.42 Å². The van der Waals surface area contributed by atoms with Gasteiger partial charge in [-0.25, -0.2) is 0 Å². The van der Waals surface area contributed by atoms with Gasteiger partial charge < -0.3 is 40.3 Å². The van der Waals surface area contributed by atoms with Crippen LogP contribution in [0.25, 0.3) is 0 Å². The van der Waals surface area contributed by atoms with E-state index >= 15 is 0 Å². The lowest BCUT2D eigenvalue weighted by molar-refractivity contribution is -0.302. The average Bonchev–Trinajstić information content (AvgIpc) is 3.32. The molecule has 0 spiro atoms. The van der Waals surface area contributed by atoms with Crippen molar-refractivity contribution in [3.8, 4) is 0 Å². The summed E-state index contributed by atoms with van der Waals surface area (Å²) < 4.78 is 11.2. The topological polar surface area (TPSA) is 149 Å². The van der Waals surface area contributed by atoms with Crippen LogP contribution in [0.2, 0.25) is 0 Å². The Morgan fingerprint density at radius 2 is 0.955 bits per heavy atom. The Labute approximate surface area is 400 Å². The molecule has 1 saturated heterocycles. The molecule has 9 nitrogen and oxygen atoms in total. The smallest absolute Gasteiger partial charge is 0.220 e. The number of aliphatic hydroxyl groups is 5. The number of carbonyl (C=O) groups is 1. The summed E-state index contributed by atoms with van der Waals surface area (Å²) in [5.41, 5.74) is 0. The lowest BCUT2D eigenvalue weighted by Crippen LogP contribution is -2.60. The molecule has 0 bridgehead atoms. The molecular weight excluding hydrogens is 827 g/mol. The average molecular weight is 916 g/mol. The first-order chi connectivity index (χ1) is 32.3. The number of rotatable bonds is 39. The number of hydrogen-bond donors (Lipinski definition) is 6. The number of nitrogens with one attached hydrogen (secondary N) is 1. The molecule has 1 heterocycles. The third kappa shape index (κ3) is 34.4. The Bertz CT molecular complexity index is 1530. The Morgan fingerprint density at radius 1 is 0.530 bits per heavy atom. The van der Waals surface area contributed by atoms with Gasteiger partial charge in [-0.15, -0.1) is 0 Å². The molecule has 9 heteroatoms. The van der Waals surface area contributed by atoms with Crippen LogP contribution in [0.5, 0.6) is 0 Å². The van der Waals surface area contributed by atoms with Gasteiger partial charge in [-0.3, -0.25) is 4.79 Å². The lowest BCUT2D eigenvalue weighted by atomic mass is 9.99. The Kier molecular flexibility index (Phi) is 40.9. The van der Waals surface area contributed by atoms with Crippen molar-refractivity contribution in [2.45, 2.75) is 192 Å². The van der Waals surface area contributed by atoms with Crippen molar-refractivity contribution < 1.29 is 39.8 Å². The fourth-order valence-electron chi connectivity index (χ4n) is 6.67. The number of carbonyl (C=O) groups excluding carboxylic acids is 1. The van der Waals surface area contributed by atoms with Crippen LogP contribution in [0.15, 0.2) is 146 Å².